The van der Waals surface area contributed by atoms with Gasteiger partial charge in [-0.15, -0.1) is 0 Å². The van der Waals surface area contributed by atoms with E-state index in [1.54, 1.807) is 0 Å². The van der Waals surface area contributed by atoms with Crippen molar-refractivity contribution < 1.29 is 19.0 Å². The van der Waals surface area contributed by atoms with Crippen LogP contribution in [0, 0.1) is 0 Å². The lowest BCUT2D eigenvalue weighted by molar-refractivity contribution is -0.125. The highest BCUT2D eigenvalue weighted by atomic mass is 16.7. The number of nitrogens with zero attached hydrogens (tertiary/aromatic N) is 1. The molecule has 0 spiro atoms. The molecule has 27 heavy (non-hydrogen) atoms. The zero-order valence-electron chi connectivity index (χ0n) is 15.2. The van der Waals surface area contributed by atoms with Gasteiger partial charge in [-0.25, -0.2) is 0 Å². The van der Waals surface area contributed by atoms with Gasteiger partial charge in [0.15, 0.2) is 11.5 Å². The van der Waals surface area contributed by atoms with E-state index in [1.807, 2.05) is 36.4 Å². The lowest BCUT2D eigenvalue weighted by Gasteiger charge is -2.23. The minimum absolute atomic E-state index is 0.0595. The normalized spacial score (nSPS) is 18.4. The van der Waals surface area contributed by atoms with Crippen LogP contribution in [0.5, 0.6) is 17.2 Å². The summed E-state index contributed by atoms with van der Waals surface area (Å²) in [5.74, 6) is 2.22. The average Bonchev–Trinajstić information content (AvgIpc) is 3.34. The predicted octanol–water partition coefficient (Wildman–Crippen LogP) is 2.57. The van der Waals surface area contributed by atoms with Crippen LogP contribution in [0.1, 0.15) is 18.4 Å². The molecule has 6 heteroatoms. The molecular weight excluding hydrogens is 344 g/mol. The van der Waals surface area contributed by atoms with Crippen molar-refractivity contribution in [2.45, 2.75) is 25.4 Å². The number of hydrogen-bond acceptors (Lipinski definition) is 5. The number of nitrogens with one attached hydrogen (secondary N) is 1. The Bertz CT molecular complexity index is 781. The minimum Gasteiger partial charge on any atom is -0.492 e. The van der Waals surface area contributed by atoms with Crippen molar-refractivity contribution in [1.82, 2.24) is 10.2 Å². The van der Waals surface area contributed by atoms with Crippen molar-refractivity contribution in [3.63, 3.8) is 0 Å². The molecule has 1 unspecified atom stereocenters. The van der Waals surface area contributed by atoms with Gasteiger partial charge in [0.1, 0.15) is 12.4 Å². The number of likely N-dealkylation sites (tertiary alicyclic amines) is 1. The standard InChI is InChI=1S/C21H24N2O4/c24-21(18-7-4-11-23(18)14-16-5-2-1-3-6-16)22-10-12-25-17-8-9-19-20(13-17)27-15-26-19/h1-3,5-6,8-9,13,18H,4,7,10-12,14-15H2,(H,22,24). The molecule has 1 atom stereocenters. The Morgan fingerprint density at radius 2 is 2.00 bits per heavy atom. The summed E-state index contributed by atoms with van der Waals surface area (Å²) in [6, 6.07) is 15.7. The molecule has 0 aromatic heterocycles. The zero-order valence-corrected chi connectivity index (χ0v) is 15.2. The number of benzene rings is 2. The molecule has 2 heterocycles. The van der Waals surface area contributed by atoms with Gasteiger partial charge in [0.2, 0.25) is 12.7 Å². The fourth-order valence-electron chi connectivity index (χ4n) is 3.56. The fourth-order valence-corrected chi connectivity index (χ4v) is 3.56. The lowest BCUT2D eigenvalue weighted by atomic mass is 10.1. The monoisotopic (exact) mass is 368 g/mol. The molecule has 2 aliphatic rings. The zero-order chi connectivity index (χ0) is 18.5. The van der Waals surface area contributed by atoms with Crippen molar-refractivity contribution in [1.29, 1.82) is 0 Å². The number of fused-ring (bicyclic) bond motifs is 1. The third-order valence-corrected chi connectivity index (χ3v) is 4.91. The number of ether oxygens (including phenoxy) is 3. The maximum Gasteiger partial charge on any atom is 0.237 e. The summed E-state index contributed by atoms with van der Waals surface area (Å²) in [6.45, 7) is 2.91. The molecular formula is C21H24N2O4. The van der Waals surface area contributed by atoms with Crippen LogP contribution in [0.15, 0.2) is 48.5 Å². The van der Waals surface area contributed by atoms with Crippen molar-refractivity contribution in [3.05, 3.63) is 54.1 Å². The maximum atomic E-state index is 12.6. The number of hydrogen-bond donors (Lipinski definition) is 1. The lowest BCUT2D eigenvalue weighted by Crippen LogP contribution is -2.44. The largest absolute Gasteiger partial charge is 0.492 e. The molecule has 142 valence electrons. The Kier molecular flexibility index (Phi) is 5.44. The summed E-state index contributed by atoms with van der Waals surface area (Å²) in [4.78, 5) is 14.8. The van der Waals surface area contributed by atoms with Gasteiger partial charge in [-0.1, -0.05) is 30.3 Å². The fraction of sp³-hybridized carbons (Fsp3) is 0.381. The van der Waals surface area contributed by atoms with Crippen LogP contribution in [-0.4, -0.2) is 43.3 Å². The van der Waals surface area contributed by atoms with Crippen molar-refractivity contribution in [2.24, 2.45) is 0 Å². The van der Waals surface area contributed by atoms with Gasteiger partial charge in [0, 0.05) is 12.6 Å². The molecule has 2 aromatic carbocycles. The first-order chi connectivity index (χ1) is 13.3. The molecule has 1 amide bonds. The van der Waals surface area contributed by atoms with Gasteiger partial charge in [-0.3, -0.25) is 9.69 Å². The maximum absolute atomic E-state index is 12.6. The third kappa shape index (κ3) is 4.34. The van der Waals surface area contributed by atoms with Gasteiger partial charge < -0.3 is 19.5 Å². The Hall–Kier alpha value is -2.73. The van der Waals surface area contributed by atoms with Gasteiger partial charge in [-0.2, -0.15) is 0 Å². The van der Waals surface area contributed by atoms with E-state index in [9.17, 15) is 4.79 Å². The van der Waals surface area contributed by atoms with Crippen molar-refractivity contribution in [3.8, 4) is 17.2 Å². The molecule has 0 bridgehead atoms. The smallest absolute Gasteiger partial charge is 0.237 e. The molecule has 1 saturated heterocycles. The molecule has 4 rings (SSSR count). The molecule has 2 aromatic rings. The van der Waals surface area contributed by atoms with E-state index in [-0.39, 0.29) is 18.7 Å². The van der Waals surface area contributed by atoms with Gasteiger partial charge in [0.05, 0.1) is 12.6 Å². The van der Waals surface area contributed by atoms with Crippen molar-refractivity contribution >= 4 is 5.91 Å². The van der Waals surface area contributed by atoms with E-state index in [0.29, 0.717) is 24.7 Å². The van der Waals surface area contributed by atoms with E-state index in [4.69, 9.17) is 14.2 Å². The topological polar surface area (TPSA) is 60.0 Å². The third-order valence-electron chi connectivity index (χ3n) is 4.91. The van der Waals surface area contributed by atoms with E-state index >= 15 is 0 Å². The number of amides is 1. The van der Waals surface area contributed by atoms with E-state index in [0.717, 1.165) is 31.7 Å². The number of carbonyl (C=O) groups is 1. The van der Waals surface area contributed by atoms with E-state index in [1.165, 1.54) is 5.56 Å². The molecule has 1 fully saturated rings. The van der Waals surface area contributed by atoms with Gasteiger partial charge >= 0.3 is 0 Å². The summed E-state index contributed by atoms with van der Waals surface area (Å²) in [5.41, 5.74) is 1.24. The Labute approximate surface area is 159 Å². The Balaban J connectivity index is 1.23. The summed E-state index contributed by atoms with van der Waals surface area (Å²) in [5, 5.41) is 3.00. The number of carbonyl (C=O) groups excluding carboxylic acids is 1. The Morgan fingerprint density at radius 3 is 2.89 bits per heavy atom. The van der Waals surface area contributed by atoms with E-state index in [2.05, 4.69) is 22.3 Å². The van der Waals surface area contributed by atoms with Crippen LogP contribution in [0.25, 0.3) is 0 Å². The summed E-state index contributed by atoms with van der Waals surface area (Å²) in [7, 11) is 0. The van der Waals surface area contributed by atoms with Gasteiger partial charge in [0.25, 0.3) is 0 Å². The first-order valence-electron chi connectivity index (χ1n) is 9.38. The van der Waals surface area contributed by atoms with Crippen LogP contribution in [-0.2, 0) is 11.3 Å². The molecule has 6 nitrogen and oxygen atoms in total. The average molecular weight is 368 g/mol. The Morgan fingerprint density at radius 1 is 1.15 bits per heavy atom. The van der Waals surface area contributed by atoms with Gasteiger partial charge in [-0.05, 0) is 37.1 Å². The van der Waals surface area contributed by atoms with Crippen LogP contribution in [0.4, 0.5) is 0 Å². The number of rotatable bonds is 7. The summed E-state index contributed by atoms with van der Waals surface area (Å²) in [6.07, 6.45) is 1.96. The molecule has 0 saturated carbocycles. The van der Waals surface area contributed by atoms with Crippen LogP contribution >= 0.6 is 0 Å². The molecule has 0 aliphatic carbocycles. The second-order valence-corrected chi connectivity index (χ2v) is 6.77. The highest BCUT2D eigenvalue weighted by molar-refractivity contribution is 5.82. The van der Waals surface area contributed by atoms with E-state index < -0.39 is 0 Å². The molecule has 1 N–H and O–H groups in total. The van der Waals surface area contributed by atoms with Crippen LogP contribution in [0.3, 0.4) is 0 Å². The summed E-state index contributed by atoms with van der Waals surface area (Å²) >= 11 is 0. The SMILES string of the molecule is O=C(NCCOc1ccc2c(c1)OCO2)C1CCCN1Cc1ccccc1. The predicted molar refractivity (Wildman–Crippen MR) is 101 cm³/mol. The minimum atomic E-state index is -0.0595. The second-order valence-electron chi connectivity index (χ2n) is 6.77. The van der Waals surface area contributed by atoms with Crippen molar-refractivity contribution in [2.75, 3.05) is 26.5 Å². The van der Waals surface area contributed by atoms with Crippen LogP contribution in [0.2, 0.25) is 0 Å². The molecule has 2 aliphatic heterocycles. The highest BCUT2D eigenvalue weighted by Gasteiger charge is 2.30. The first kappa shape index (κ1) is 17.7. The van der Waals surface area contributed by atoms with Crippen LogP contribution < -0.4 is 19.5 Å². The quantitative estimate of drug-likeness (QED) is 0.761. The second kappa shape index (κ2) is 8.31. The summed E-state index contributed by atoms with van der Waals surface area (Å²) < 4.78 is 16.3. The highest BCUT2D eigenvalue weighted by Crippen LogP contribution is 2.35. The molecule has 0 radical (unpaired) electrons. The first-order valence-corrected chi connectivity index (χ1v) is 9.38.